The molecule has 1 unspecified atom stereocenters. The minimum atomic E-state index is -1.19. The molecule has 0 saturated heterocycles. The Bertz CT molecular complexity index is 520. The van der Waals surface area contributed by atoms with Gasteiger partial charge in [-0.1, -0.05) is 29.8 Å². The first-order valence-corrected chi connectivity index (χ1v) is 6.59. The summed E-state index contributed by atoms with van der Waals surface area (Å²) in [4.78, 5) is 11.9. The molecule has 1 aromatic carbocycles. The third-order valence-electron chi connectivity index (χ3n) is 3.46. The second-order valence-corrected chi connectivity index (χ2v) is 5.26. The normalized spacial score (nSPS) is 17.9. The molecule has 0 aliphatic heterocycles. The van der Waals surface area contributed by atoms with Crippen LogP contribution in [0, 0.1) is 11.3 Å². The maximum Gasteiger partial charge on any atom is 0.250 e. The molecule has 0 bridgehead atoms. The van der Waals surface area contributed by atoms with Gasteiger partial charge in [-0.2, -0.15) is 5.26 Å². The number of halogens is 1. The Hall–Kier alpha value is -1.57. The minimum absolute atomic E-state index is 0.146. The number of rotatable bonds is 4. The average molecular weight is 279 g/mol. The van der Waals surface area contributed by atoms with E-state index >= 15 is 0 Å². The lowest BCUT2D eigenvalue weighted by molar-refractivity contribution is -0.131. The maximum atomic E-state index is 11.9. The molecule has 0 spiro atoms. The van der Waals surface area contributed by atoms with Crippen molar-refractivity contribution >= 4 is 17.5 Å². The number of nitriles is 1. The van der Waals surface area contributed by atoms with E-state index in [1.54, 1.807) is 24.3 Å². The topological polar surface area (TPSA) is 73.1 Å². The van der Waals surface area contributed by atoms with Crippen LogP contribution in [0.2, 0.25) is 5.02 Å². The molecule has 1 amide bonds. The molecular formula is C14H15ClN2O2. The van der Waals surface area contributed by atoms with Gasteiger partial charge < -0.3 is 10.4 Å². The number of carbonyl (C=O) groups is 1. The Morgan fingerprint density at radius 3 is 2.74 bits per heavy atom. The van der Waals surface area contributed by atoms with Crippen LogP contribution in [0.3, 0.4) is 0 Å². The van der Waals surface area contributed by atoms with Gasteiger partial charge in [0.05, 0.1) is 6.07 Å². The van der Waals surface area contributed by atoms with Crippen molar-refractivity contribution < 1.29 is 9.90 Å². The Balaban J connectivity index is 1.97. The number of aliphatic hydroxyl groups excluding tert-OH is 1. The average Bonchev–Trinajstić information content (AvgIpc) is 2.36. The number of amides is 1. The highest BCUT2D eigenvalue weighted by atomic mass is 35.5. The highest BCUT2D eigenvalue weighted by molar-refractivity contribution is 6.31. The third kappa shape index (κ3) is 3.06. The number of aliphatic hydroxyl groups is 1. The molecule has 0 radical (unpaired) electrons. The maximum absolute atomic E-state index is 11.9. The van der Waals surface area contributed by atoms with Crippen molar-refractivity contribution in [1.29, 1.82) is 5.26 Å². The molecule has 1 saturated carbocycles. The summed E-state index contributed by atoms with van der Waals surface area (Å²) in [5, 5.41) is 22.1. The fraction of sp³-hybridized carbons (Fsp3) is 0.429. The van der Waals surface area contributed by atoms with Crippen LogP contribution in [-0.2, 0) is 11.2 Å². The van der Waals surface area contributed by atoms with Gasteiger partial charge in [0, 0.05) is 11.4 Å². The first kappa shape index (κ1) is 13.9. The second-order valence-electron chi connectivity index (χ2n) is 4.85. The minimum Gasteiger partial charge on any atom is -0.383 e. The summed E-state index contributed by atoms with van der Waals surface area (Å²) in [6, 6.07) is 9.17. The number of nitrogens with zero attached hydrogens (tertiary/aromatic N) is 1. The fourth-order valence-corrected chi connectivity index (χ4v) is 2.29. The van der Waals surface area contributed by atoms with Gasteiger partial charge in [0.25, 0.3) is 0 Å². The lowest BCUT2D eigenvalue weighted by Crippen LogP contribution is -2.55. The van der Waals surface area contributed by atoms with Crippen LogP contribution in [0.5, 0.6) is 0 Å². The van der Waals surface area contributed by atoms with Gasteiger partial charge in [0.1, 0.15) is 11.6 Å². The molecule has 1 atom stereocenters. The van der Waals surface area contributed by atoms with Crippen molar-refractivity contribution in [3.8, 4) is 6.07 Å². The predicted octanol–water partition coefficient (Wildman–Crippen LogP) is 1.81. The van der Waals surface area contributed by atoms with Crippen molar-refractivity contribution in [1.82, 2.24) is 5.32 Å². The van der Waals surface area contributed by atoms with Crippen molar-refractivity contribution in [2.75, 3.05) is 0 Å². The standard InChI is InChI=1S/C14H15ClN2O2/c15-11-5-2-1-4-10(11)8-12(18)13(19)17-14(9-16)6-3-7-14/h1-2,4-5,12,18H,3,6-8H2,(H,17,19). The van der Waals surface area contributed by atoms with Crippen LogP contribution in [0.4, 0.5) is 0 Å². The highest BCUT2D eigenvalue weighted by Gasteiger charge is 2.39. The molecular weight excluding hydrogens is 264 g/mol. The first-order valence-electron chi connectivity index (χ1n) is 6.21. The van der Waals surface area contributed by atoms with Crippen LogP contribution in [0.25, 0.3) is 0 Å². The van der Waals surface area contributed by atoms with E-state index in [9.17, 15) is 9.90 Å². The van der Waals surface area contributed by atoms with E-state index < -0.39 is 17.6 Å². The lowest BCUT2D eigenvalue weighted by Gasteiger charge is -2.36. The molecule has 2 N–H and O–H groups in total. The first-order chi connectivity index (χ1) is 9.06. The molecule has 1 aliphatic rings. The summed E-state index contributed by atoms with van der Waals surface area (Å²) in [5.74, 6) is -0.513. The van der Waals surface area contributed by atoms with E-state index in [1.165, 1.54) is 0 Å². The zero-order valence-electron chi connectivity index (χ0n) is 10.4. The van der Waals surface area contributed by atoms with Gasteiger partial charge in [0.15, 0.2) is 0 Å². The molecule has 4 nitrogen and oxygen atoms in total. The Morgan fingerprint density at radius 1 is 1.53 bits per heavy atom. The van der Waals surface area contributed by atoms with E-state index in [0.29, 0.717) is 23.4 Å². The summed E-state index contributed by atoms with van der Waals surface area (Å²) >= 11 is 5.98. The number of hydrogen-bond acceptors (Lipinski definition) is 3. The van der Waals surface area contributed by atoms with Gasteiger partial charge in [0.2, 0.25) is 5.91 Å². The van der Waals surface area contributed by atoms with Crippen LogP contribution in [0.15, 0.2) is 24.3 Å². The van der Waals surface area contributed by atoms with Gasteiger partial charge in [-0.05, 0) is 30.9 Å². The molecule has 1 aliphatic carbocycles. The zero-order valence-corrected chi connectivity index (χ0v) is 11.2. The lowest BCUT2D eigenvalue weighted by atomic mass is 9.78. The third-order valence-corrected chi connectivity index (χ3v) is 3.83. The van der Waals surface area contributed by atoms with E-state index in [0.717, 1.165) is 6.42 Å². The van der Waals surface area contributed by atoms with Crippen LogP contribution in [-0.4, -0.2) is 22.7 Å². The monoisotopic (exact) mass is 278 g/mol. The molecule has 2 rings (SSSR count). The smallest absolute Gasteiger partial charge is 0.250 e. The highest BCUT2D eigenvalue weighted by Crippen LogP contribution is 2.31. The summed E-state index contributed by atoms with van der Waals surface area (Å²) < 4.78 is 0. The molecule has 0 aromatic heterocycles. The van der Waals surface area contributed by atoms with Gasteiger partial charge in [-0.15, -0.1) is 0 Å². The van der Waals surface area contributed by atoms with Gasteiger partial charge >= 0.3 is 0 Å². The van der Waals surface area contributed by atoms with Crippen LogP contribution < -0.4 is 5.32 Å². The molecule has 0 heterocycles. The Kier molecular flexibility index (Phi) is 4.08. The molecule has 19 heavy (non-hydrogen) atoms. The van der Waals surface area contributed by atoms with E-state index in [-0.39, 0.29) is 6.42 Å². The Labute approximate surface area is 117 Å². The van der Waals surface area contributed by atoms with Gasteiger partial charge in [-0.25, -0.2) is 0 Å². The van der Waals surface area contributed by atoms with Crippen molar-refractivity contribution in [3.63, 3.8) is 0 Å². The van der Waals surface area contributed by atoms with E-state index in [2.05, 4.69) is 11.4 Å². The second kappa shape index (κ2) is 5.60. The zero-order chi connectivity index (χ0) is 13.9. The molecule has 5 heteroatoms. The van der Waals surface area contributed by atoms with Crippen molar-refractivity contribution in [2.45, 2.75) is 37.3 Å². The number of nitrogens with one attached hydrogen (secondary N) is 1. The molecule has 1 fully saturated rings. The van der Waals surface area contributed by atoms with Crippen molar-refractivity contribution in [3.05, 3.63) is 34.9 Å². The van der Waals surface area contributed by atoms with Crippen LogP contribution in [0.1, 0.15) is 24.8 Å². The number of hydrogen-bond donors (Lipinski definition) is 2. The molecule has 100 valence electrons. The largest absolute Gasteiger partial charge is 0.383 e. The summed E-state index contributed by atoms with van der Waals surface area (Å²) in [6.45, 7) is 0. The quantitative estimate of drug-likeness (QED) is 0.882. The van der Waals surface area contributed by atoms with E-state index in [1.807, 2.05) is 0 Å². The van der Waals surface area contributed by atoms with Crippen molar-refractivity contribution in [2.24, 2.45) is 0 Å². The van der Waals surface area contributed by atoms with Crippen LogP contribution >= 0.6 is 11.6 Å². The summed E-state index contributed by atoms with van der Waals surface area (Å²) in [5.41, 5.74) is -0.0649. The summed E-state index contributed by atoms with van der Waals surface area (Å²) in [6.07, 6.45) is 1.18. The van der Waals surface area contributed by atoms with E-state index in [4.69, 9.17) is 16.9 Å². The Morgan fingerprint density at radius 2 is 2.21 bits per heavy atom. The predicted molar refractivity (Wildman–Crippen MR) is 71.5 cm³/mol. The van der Waals surface area contributed by atoms with Gasteiger partial charge in [-0.3, -0.25) is 4.79 Å². The molecule has 1 aromatic rings. The number of carbonyl (C=O) groups excluding carboxylic acids is 1. The summed E-state index contributed by atoms with van der Waals surface area (Å²) in [7, 11) is 0. The fourth-order valence-electron chi connectivity index (χ4n) is 2.08. The number of benzene rings is 1. The SMILES string of the molecule is N#CC1(NC(=O)C(O)Cc2ccccc2Cl)CCC1.